The summed E-state index contributed by atoms with van der Waals surface area (Å²) in [6, 6.07) is 3.84. The van der Waals surface area contributed by atoms with E-state index in [1.54, 1.807) is 17.6 Å². The second-order valence-corrected chi connectivity index (χ2v) is 4.34. The molecule has 4 nitrogen and oxygen atoms in total. The zero-order chi connectivity index (χ0) is 10.7. The summed E-state index contributed by atoms with van der Waals surface area (Å²) in [5, 5.41) is 0.965. The largest absolute Gasteiger partial charge is 0.467 e. The van der Waals surface area contributed by atoms with Crippen molar-refractivity contribution in [3.63, 3.8) is 0 Å². The van der Waals surface area contributed by atoms with Crippen molar-refractivity contribution in [3.05, 3.63) is 35.2 Å². The summed E-state index contributed by atoms with van der Waals surface area (Å²) in [4.78, 5) is 7.43. The predicted octanol–water partition coefficient (Wildman–Crippen LogP) is 1.83. The van der Waals surface area contributed by atoms with Gasteiger partial charge in [-0.25, -0.2) is 4.98 Å². The molecule has 0 fully saturated rings. The number of anilines is 1. The first kappa shape index (κ1) is 10.2. The molecule has 0 radical (unpaired) electrons. The minimum Gasteiger partial charge on any atom is -0.467 e. The predicted molar refractivity (Wildman–Crippen MR) is 60.8 cm³/mol. The van der Waals surface area contributed by atoms with Gasteiger partial charge in [-0.1, -0.05) is 0 Å². The van der Waals surface area contributed by atoms with Crippen molar-refractivity contribution in [1.82, 2.24) is 4.98 Å². The zero-order valence-corrected chi connectivity index (χ0v) is 9.33. The van der Waals surface area contributed by atoms with Gasteiger partial charge >= 0.3 is 0 Å². The second-order valence-electron chi connectivity index (χ2n) is 3.25. The number of rotatable bonds is 4. The fraction of sp³-hybridized carbons (Fsp3) is 0.300. The van der Waals surface area contributed by atoms with Crippen molar-refractivity contribution < 1.29 is 4.42 Å². The number of nitrogens with two attached hydrogens (primary N) is 1. The Morgan fingerprint density at radius 2 is 2.47 bits per heavy atom. The Kier molecular flexibility index (Phi) is 3.03. The van der Waals surface area contributed by atoms with E-state index in [2.05, 4.69) is 4.98 Å². The molecule has 80 valence electrons. The summed E-state index contributed by atoms with van der Waals surface area (Å²) in [5.74, 6) is 0.932. The molecule has 2 aromatic rings. The van der Waals surface area contributed by atoms with Crippen LogP contribution in [0.1, 0.15) is 10.6 Å². The molecule has 0 spiro atoms. The molecule has 0 saturated heterocycles. The molecule has 5 heteroatoms. The van der Waals surface area contributed by atoms with Crippen molar-refractivity contribution in [1.29, 1.82) is 0 Å². The molecule has 0 atom stereocenters. The molecule has 0 aliphatic heterocycles. The van der Waals surface area contributed by atoms with E-state index in [0.717, 1.165) is 22.3 Å². The van der Waals surface area contributed by atoms with Crippen LogP contribution in [0.2, 0.25) is 0 Å². The topological polar surface area (TPSA) is 55.3 Å². The lowest BCUT2D eigenvalue weighted by Gasteiger charge is -2.13. The van der Waals surface area contributed by atoms with Gasteiger partial charge in [-0.05, 0) is 12.1 Å². The molecule has 0 saturated carbocycles. The first-order chi connectivity index (χ1) is 7.29. The standard InChI is InChI=1S/C10H13N3OS/c1-13(7-8-3-2-4-14-8)10-12-6-9(5-11)15-10/h2-4,6H,5,7,11H2,1H3. The smallest absolute Gasteiger partial charge is 0.185 e. The quantitative estimate of drug-likeness (QED) is 0.859. The highest BCUT2D eigenvalue weighted by Crippen LogP contribution is 2.22. The van der Waals surface area contributed by atoms with E-state index in [0.29, 0.717) is 6.54 Å². The maximum Gasteiger partial charge on any atom is 0.185 e. The molecule has 0 aliphatic carbocycles. The van der Waals surface area contributed by atoms with Gasteiger partial charge in [0.2, 0.25) is 0 Å². The molecule has 15 heavy (non-hydrogen) atoms. The van der Waals surface area contributed by atoms with Crippen LogP contribution < -0.4 is 10.6 Å². The molecule has 0 bridgehead atoms. The Hall–Kier alpha value is -1.33. The van der Waals surface area contributed by atoms with E-state index in [-0.39, 0.29) is 0 Å². The fourth-order valence-corrected chi connectivity index (χ4v) is 2.02. The van der Waals surface area contributed by atoms with Crippen molar-refractivity contribution >= 4 is 16.5 Å². The van der Waals surface area contributed by atoms with Crippen molar-refractivity contribution in [3.8, 4) is 0 Å². The van der Waals surface area contributed by atoms with E-state index in [1.165, 1.54) is 0 Å². The van der Waals surface area contributed by atoms with Crippen LogP contribution in [0.15, 0.2) is 29.0 Å². The van der Waals surface area contributed by atoms with Crippen molar-refractivity contribution in [2.45, 2.75) is 13.1 Å². The Morgan fingerprint density at radius 1 is 1.60 bits per heavy atom. The van der Waals surface area contributed by atoms with Crippen LogP contribution in [0.25, 0.3) is 0 Å². The highest BCUT2D eigenvalue weighted by Gasteiger charge is 2.07. The van der Waals surface area contributed by atoms with Crippen LogP contribution in [0.5, 0.6) is 0 Å². The third-order valence-electron chi connectivity index (χ3n) is 2.04. The van der Waals surface area contributed by atoms with Crippen LogP contribution in [0, 0.1) is 0 Å². The van der Waals surface area contributed by atoms with E-state index in [9.17, 15) is 0 Å². The highest BCUT2D eigenvalue weighted by atomic mass is 32.1. The normalized spacial score (nSPS) is 10.5. The Morgan fingerprint density at radius 3 is 3.07 bits per heavy atom. The van der Waals surface area contributed by atoms with Crippen LogP contribution in [-0.4, -0.2) is 12.0 Å². The minimum atomic E-state index is 0.548. The molecular weight excluding hydrogens is 210 g/mol. The molecule has 2 heterocycles. The summed E-state index contributed by atoms with van der Waals surface area (Å²) < 4.78 is 5.27. The highest BCUT2D eigenvalue weighted by molar-refractivity contribution is 7.15. The molecular formula is C10H13N3OS. The van der Waals surface area contributed by atoms with Crippen molar-refractivity contribution in [2.24, 2.45) is 5.73 Å². The van der Waals surface area contributed by atoms with Crippen LogP contribution in [0.3, 0.4) is 0 Å². The van der Waals surface area contributed by atoms with Crippen molar-refractivity contribution in [2.75, 3.05) is 11.9 Å². The average Bonchev–Trinajstić information content (AvgIpc) is 2.86. The molecule has 0 aliphatic rings. The van der Waals surface area contributed by atoms with Crippen LogP contribution in [0.4, 0.5) is 5.13 Å². The summed E-state index contributed by atoms with van der Waals surface area (Å²) in [6.07, 6.45) is 3.50. The molecule has 0 amide bonds. The van der Waals surface area contributed by atoms with Gasteiger partial charge in [0.25, 0.3) is 0 Å². The zero-order valence-electron chi connectivity index (χ0n) is 8.51. The number of thiazole rings is 1. The maximum atomic E-state index is 5.53. The Bertz CT molecular complexity index is 410. The van der Waals surface area contributed by atoms with Gasteiger partial charge in [0.15, 0.2) is 5.13 Å². The van der Waals surface area contributed by atoms with Gasteiger partial charge in [-0.2, -0.15) is 0 Å². The van der Waals surface area contributed by atoms with Gasteiger partial charge < -0.3 is 15.1 Å². The summed E-state index contributed by atoms with van der Waals surface area (Å²) in [7, 11) is 1.99. The van der Waals surface area contributed by atoms with Gasteiger partial charge in [0, 0.05) is 24.7 Å². The lowest BCUT2D eigenvalue weighted by molar-refractivity contribution is 0.507. The molecule has 0 unspecified atom stereocenters. The molecule has 2 aromatic heterocycles. The Balaban J connectivity index is 2.04. The summed E-state index contributed by atoms with van der Waals surface area (Å²) in [6.45, 7) is 1.27. The molecule has 0 aromatic carbocycles. The third kappa shape index (κ3) is 2.37. The molecule has 2 rings (SSSR count). The lowest BCUT2D eigenvalue weighted by atomic mass is 10.4. The number of hydrogen-bond donors (Lipinski definition) is 1. The second kappa shape index (κ2) is 4.46. The van der Waals surface area contributed by atoms with E-state index >= 15 is 0 Å². The van der Waals surface area contributed by atoms with Crippen LogP contribution >= 0.6 is 11.3 Å². The Labute approximate surface area is 92.3 Å². The van der Waals surface area contributed by atoms with E-state index < -0.39 is 0 Å². The van der Waals surface area contributed by atoms with Gasteiger partial charge in [0.05, 0.1) is 12.8 Å². The van der Waals surface area contributed by atoms with E-state index in [4.69, 9.17) is 10.2 Å². The SMILES string of the molecule is CN(Cc1ccco1)c1ncc(CN)s1. The fourth-order valence-electron chi connectivity index (χ4n) is 1.27. The number of furan rings is 1. The van der Waals surface area contributed by atoms with Gasteiger partial charge in [0.1, 0.15) is 5.76 Å². The first-order valence-corrected chi connectivity index (χ1v) is 5.49. The third-order valence-corrected chi connectivity index (χ3v) is 3.18. The van der Waals surface area contributed by atoms with E-state index in [1.807, 2.05) is 30.3 Å². The number of nitrogens with zero attached hydrogens (tertiary/aromatic N) is 2. The molecule has 2 N–H and O–H groups in total. The first-order valence-electron chi connectivity index (χ1n) is 4.68. The monoisotopic (exact) mass is 223 g/mol. The number of hydrogen-bond acceptors (Lipinski definition) is 5. The van der Waals surface area contributed by atoms with Crippen LogP contribution in [-0.2, 0) is 13.1 Å². The van der Waals surface area contributed by atoms with Gasteiger partial charge in [-0.3, -0.25) is 0 Å². The summed E-state index contributed by atoms with van der Waals surface area (Å²) >= 11 is 1.61. The number of aromatic nitrogens is 1. The van der Waals surface area contributed by atoms with Gasteiger partial charge in [-0.15, -0.1) is 11.3 Å². The minimum absolute atomic E-state index is 0.548. The average molecular weight is 223 g/mol. The maximum absolute atomic E-state index is 5.53. The summed E-state index contributed by atoms with van der Waals surface area (Å²) in [5.41, 5.74) is 5.53. The lowest BCUT2D eigenvalue weighted by Crippen LogP contribution is -2.15.